The zero-order valence-corrected chi connectivity index (χ0v) is 31.7. The topological polar surface area (TPSA) is 43.4 Å². The molecule has 0 amide bonds. The molecule has 0 unspecified atom stereocenters. The number of rotatable bonds is 32. The third-order valence-electron chi connectivity index (χ3n) is 9.72. The maximum Gasteiger partial charge on any atom is 0.200 e. The lowest BCUT2D eigenvalue weighted by Crippen LogP contribution is -2.31. The van der Waals surface area contributed by atoms with Gasteiger partial charge in [-0.05, 0) is 77.0 Å². The van der Waals surface area contributed by atoms with Crippen LogP contribution in [0.25, 0.3) is 0 Å². The second-order valence-corrected chi connectivity index (χ2v) is 14.2. The lowest BCUT2D eigenvalue weighted by molar-refractivity contribution is -0.00276. The van der Waals surface area contributed by atoms with Crippen molar-refractivity contribution in [3.63, 3.8) is 0 Å². The van der Waals surface area contributed by atoms with Crippen LogP contribution in [0.5, 0.6) is 0 Å². The number of benzene rings is 1. The number of ketones is 2. The summed E-state index contributed by atoms with van der Waals surface area (Å²) in [6.07, 6.45) is 49.0. The smallest absolute Gasteiger partial charge is 0.200 e. The summed E-state index contributed by atoms with van der Waals surface area (Å²) >= 11 is 0. The number of unbranched alkanes of at least 4 members (excludes halogenated alkanes) is 18. The monoisotopic (exact) mass is 673 g/mol. The first-order valence-corrected chi connectivity index (χ1v) is 20.6. The summed E-state index contributed by atoms with van der Waals surface area (Å²) in [4.78, 5) is 26.1. The third kappa shape index (κ3) is 20.7. The van der Waals surface area contributed by atoms with Crippen molar-refractivity contribution in [2.75, 3.05) is 0 Å². The molecule has 0 atom stereocenters. The minimum atomic E-state index is -0.948. The quantitative estimate of drug-likeness (QED) is 0.0435. The molecule has 0 saturated heterocycles. The highest BCUT2D eigenvalue weighted by molar-refractivity contribution is 6.28. The normalized spacial score (nSPS) is 13.9. The standard InChI is InChI=1S/C46H72O3/c1-3-5-7-9-11-13-15-17-19-21-23-25-27-29-31-33-37-41(49-46-44(47)42-39-35-36-40-43(42)45(46)48)38-34-32-30-28-26-24-22-20-18-16-14-12-10-8-6-4-2/h11-14,17-20,35-36,39-41,46H,3-10,15-16,21-34,37-38H2,1-2H3/b13-11-,14-12-,19-17-,20-18-. The van der Waals surface area contributed by atoms with Gasteiger partial charge in [-0.25, -0.2) is 0 Å². The summed E-state index contributed by atoms with van der Waals surface area (Å²) < 4.78 is 6.34. The molecular formula is C46H72O3. The predicted molar refractivity (Wildman–Crippen MR) is 212 cm³/mol. The molecule has 0 aliphatic heterocycles. The van der Waals surface area contributed by atoms with Gasteiger partial charge in [0.1, 0.15) is 0 Å². The highest BCUT2D eigenvalue weighted by atomic mass is 16.5. The van der Waals surface area contributed by atoms with Crippen molar-refractivity contribution in [3.8, 4) is 0 Å². The van der Waals surface area contributed by atoms with Gasteiger partial charge in [0.05, 0.1) is 6.10 Å². The van der Waals surface area contributed by atoms with Crippen molar-refractivity contribution in [2.45, 2.75) is 193 Å². The van der Waals surface area contributed by atoms with E-state index in [1.54, 1.807) is 12.1 Å². The van der Waals surface area contributed by atoms with E-state index in [4.69, 9.17) is 4.74 Å². The molecule has 0 radical (unpaired) electrons. The van der Waals surface area contributed by atoms with E-state index in [1.807, 2.05) is 12.1 Å². The molecule has 0 N–H and O–H groups in total. The Labute approximate surface area is 302 Å². The fraction of sp³-hybridized carbons (Fsp3) is 0.652. The summed E-state index contributed by atoms with van der Waals surface area (Å²) in [5, 5.41) is 0. The van der Waals surface area contributed by atoms with E-state index in [0.29, 0.717) is 11.1 Å². The summed E-state index contributed by atoms with van der Waals surface area (Å²) in [5.41, 5.74) is 1.05. The molecule has 1 aliphatic rings. The molecule has 49 heavy (non-hydrogen) atoms. The fourth-order valence-electron chi connectivity index (χ4n) is 6.63. The number of Topliss-reactive ketones (excluding diaryl/α,β-unsaturated/α-hetero) is 2. The average Bonchev–Trinajstić information content (AvgIpc) is 3.35. The summed E-state index contributed by atoms with van der Waals surface area (Å²) in [5.74, 6) is -0.306. The van der Waals surface area contributed by atoms with Gasteiger partial charge < -0.3 is 4.74 Å². The van der Waals surface area contributed by atoms with Gasteiger partial charge in [0.15, 0.2) is 17.7 Å². The largest absolute Gasteiger partial charge is 0.359 e. The Morgan fingerprint density at radius 1 is 0.490 bits per heavy atom. The van der Waals surface area contributed by atoms with Crippen molar-refractivity contribution in [1.29, 1.82) is 0 Å². The highest BCUT2D eigenvalue weighted by Crippen LogP contribution is 2.27. The van der Waals surface area contributed by atoms with Gasteiger partial charge in [0.25, 0.3) is 0 Å². The van der Waals surface area contributed by atoms with Gasteiger partial charge in [0.2, 0.25) is 0 Å². The van der Waals surface area contributed by atoms with Crippen LogP contribution in [0, 0.1) is 0 Å². The Bertz CT molecular complexity index is 1010. The van der Waals surface area contributed by atoms with Crippen molar-refractivity contribution in [3.05, 3.63) is 84.0 Å². The molecule has 0 aromatic heterocycles. The van der Waals surface area contributed by atoms with Crippen LogP contribution in [-0.2, 0) is 4.74 Å². The van der Waals surface area contributed by atoms with Crippen molar-refractivity contribution in [1.82, 2.24) is 0 Å². The lowest BCUT2D eigenvalue weighted by atomic mass is 10.0. The SMILES string of the molecule is CCCCC/C=C\C/C=C\CCCCCCCCC(CCCCCCCC/C=C\C/C=C\CCCCC)OC1C(=O)c2ccccc2C1=O. The molecule has 1 aromatic carbocycles. The van der Waals surface area contributed by atoms with E-state index in [9.17, 15) is 9.59 Å². The van der Waals surface area contributed by atoms with Crippen molar-refractivity contribution < 1.29 is 14.3 Å². The van der Waals surface area contributed by atoms with Crippen molar-refractivity contribution in [2.24, 2.45) is 0 Å². The number of ether oxygens (including phenoxy) is 1. The van der Waals surface area contributed by atoms with Gasteiger partial charge >= 0.3 is 0 Å². The molecule has 0 bridgehead atoms. The van der Waals surface area contributed by atoms with Crippen LogP contribution in [0.2, 0.25) is 0 Å². The Kier molecular flexibility index (Phi) is 26.4. The van der Waals surface area contributed by atoms with E-state index in [1.165, 1.54) is 128 Å². The number of fused-ring (bicyclic) bond motifs is 1. The third-order valence-corrected chi connectivity index (χ3v) is 9.72. The van der Waals surface area contributed by atoms with Gasteiger partial charge in [-0.2, -0.15) is 0 Å². The molecule has 0 heterocycles. The molecule has 3 heteroatoms. The van der Waals surface area contributed by atoms with Gasteiger partial charge in [-0.15, -0.1) is 0 Å². The van der Waals surface area contributed by atoms with E-state index in [-0.39, 0.29) is 17.7 Å². The Morgan fingerprint density at radius 2 is 0.837 bits per heavy atom. The van der Waals surface area contributed by atoms with E-state index in [2.05, 4.69) is 62.5 Å². The van der Waals surface area contributed by atoms with Gasteiger partial charge in [0, 0.05) is 11.1 Å². The van der Waals surface area contributed by atoms with Gasteiger partial charge in [-0.1, -0.05) is 177 Å². The van der Waals surface area contributed by atoms with E-state index in [0.717, 1.165) is 38.5 Å². The molecule has 2 rings (SSSR count). The average molecular weight is 673 g/mol. The number of allylic oxidation sites excluding steroid dienone is 8. The molecule has 274 valence electrons. The fourth-order valence-corrected chi connectivity index (χ4v) is 6.63. The maximum absolute atomic E-state index is 13.0. The minimum Gasteiger partial charge on any atom is -0.359 e. The number of hydrogen-bond acceptors (Lipinski definition) is 3. The van der Waals surface area contributed by atoms with Crippen LogP contribution in [-0.4, -0.2) is 23.8 Å². The minimum absolute atomic E-state index is 0.0242. The van der Waals surface area contributed by atoms with E-state index >= 15 is 0 Å². The lowest BCUT2D eigenvalue weighted by Gasteiger charge is -2.21. The van der Waals surface area contributed by atoms with E-state index < -0.39 is 6.10 Å². The molecular weight excluding hydrogens is 601 g/mol. The Hall–Kier alpha value is -2.52. The molecule has 3 nitrogen and oxygen atoms in total. The first-order valence-electron chi connectivity index (χ1n) is 20.6. The molecule has 0 saturated carbocycles. The first kappa shape index (κ1) is 42.6. The van der Waals surface area contributed by atoms with Gasteiger partial charge in [-0.3, -0.25) is 9.59 Å². The highest BCUT2D eigenvalue weighted by Gasteiger charge is 2.40. The maximum atomic E-state index is 13.0. The molecule has 1 aromatic rings. The summed E-state index contributed by atoms with van der Waals surface area (Å²) in [6, 6.07) is 7.19. The summed E-state index contributed by atoms with van der Waals surface area (Å²) in [6.45, 7) is 4.51. The van der Waals surface area contributed by atoms with Crippen molar-refractivity contribution >= 4 is 11.6 Å². The van der Waals surface area contributed by atoms with Crippen LogP contribution in [0.1, 0.15) is 202 Å². The zero-order valence-electron chi connectivity index (χ0n) is 31.7. The Morgan fingerprint density at radius 3 is 1.22 bits per heavy atom. The molecule has 0 spiro atoms. The van der Waals surface area contributed by atoms with Crippen LogP contribution < -0.4 is 0 Å². The van der Waals surface area contributed by atoms with Crippen LogP contribution in [0.4, 0.5) is 0 Å². The second-order valence-electron chi connectivity index (χ2n) is 14.2. The zero-order chi connectivity index (χ0) is 35.0. The predicted octanol–water partition coefficient (Wildman–Crippen LogP) is 14.2. The molecule has 1 aliphatic carbocycles. The Balaban J connectivity index is 1.61. The summed E-state index contributed by atoms with van der Waals surface area (Å²) in [7, 11) is 0. The number of carbonyl (C=O) groups is 2. The van der Waals surface area contributed by atoms with Crippen LogP contribution >= 0.6 is 0 Å². The van der Waals surface area contributed by atoms with Crippen LogP contribution in [0.3, 0.4) is 0 Å². The molecule has 0 fully saturated rings. The number of carbonyl (C=O) groups excluding carboxylic acids is 2. The number of hydrogen-bond donors (Lipinski definition) is 0. The second kappa shape index (κ2) is 30.3. The first-order chi connectivity index (χ1) is 24.2. The van der Waals surface area contributed by atoms with Crippen LogP contribution in [0.15, 0.2) is 72.9 Å².